The van der Waals surface area contributed by atoms with Crippen LogP contribution in [0.4, 0.5) is 5.69 Å². The van der Waals surface area contributed by atoms with Gasteiger partial charge in [-0.05, 0) is 94.0 Å². The second-order valence-corrected chi connectivity index (χ2v) is 21.1. The highest BCUT2D eigenvalue weighted by Gasteiger charge is 2.54. The first-order valence-electron chi connectivity index (χ1n) is 25.3. The van der Waals surface area contributed by atoms with Gasteiger partial charge in [0.2, 0.25) is 11.8 Å². The summed E-state index contributed by atoms with van der Waals surface area (Å²) in [5.74, 6) is -5.22. The number of anilines is 1. The SMILES string of the molecule is CC[C@H]1OC(=O)[C@H](C)[C@@H](O[C@H]2C[C@@](C)(OC)[C@@H](OC(=O)CCNCC(=O)Nc3cnc4ccccc4c3)[C@H](C)O2)[C@H](C)[C@@H](O[C@@H]2O[C@H](C)C[C@H](N(C)C)[C@H]2O)[C@](C)(OC)C[C@@H](C)NC(=O)[C@H](C)[C@@H](O)[C@]1(C)O. The zero-order chi connectivity index (χ0) is 53.5. The molecular weight excluding hydrogens is 935 g/mol. The first-order chi connectivity index (χ1) is 33.8. The molecule has 3 aliphatic rings. The van der Waals surface area contributed by atoms with Crippen molar-refractivity contribution >= 4 is 40.3 Å². The number of carbonyl (C=O) groups excluding carboxylic acids is 4. The fourth-order valence-electron chi connectivity index (χ4n) is 10.6. The molecule has 0 saturated carbocycles. The largest absolute Gasteiger partial charge is 0.459 e. The molecule has 2 amide bonds. The number of fused-ring (bicyclic) bond motifs is 1. The van der Waals surface area contributed by atoms with Gasteiger partial charge in [0.1, 0.15) is 23.4 Å². The lowest BCUT2D eigenvalue weighted by molar-refractivity contribution is -0.320. The minimum atomic E-state index is -2.05. The van der Waals surface area contributed by atoms with Crippen LogP contribution in [0.25, 0.3) is 10.9 Å². The maximum Gasteiger partial charge on any atom is 0.311 e. The van der Waals surface area contributed by atoms with E-state index in [4.69, 9.17) is 37.9 Å². The molecule has 5 rings (SSSR count). The predicted octanol–water partition coefficient (Wildman–Crippen LogP) is 3.46. The molecule has 18 atom stereocenters. The minimum Gasteiger partial charge on any atom is -0.459 e. The molecule has 20 nitrogen and oxygen atoms in total. The normalized spacial score (nSPS) is 38.6. The molecule has 0 aliphatic carbocycles. The number of esters is 2. The van der Waals surface area contributed by atoms with Crippen LogP contribution in [0.5, 0.6) is 0 Å². The van der Waals surface area contributed by atoms with Crippen molar-refractivity contribution in [3.8, 4) is 0 Å². The summed E-state index contributed by atoms with van der Waals surface area (Å²) in [6.45, 7) is 17.0. The molecular formula is C52H83N5O15. The average molecular weight is 1020 g/mol. The van der Waals surface area contributed by atoms with Gasteiger partial charge in [0.25, 0.3) is 0 Å². The summed E-state index contributed by atoms with van der Waals surface area (Å²) in [5.41, 5.74) is -3.14. The molecule has 2 aromatic rings. The number of aliphatic hydroxyl groups is 3. The van der Waals surface area contributed by atoms with E-state index in [9.17, 15) is 34.5 Å². The van der Waals surface area contributed by atoms with Crippen LogP contribution in [-0.2, 0) is 57.1 Å². The number of carbonyl (C=O) groups is 4. The van der Waals surface area contributed by atoms with Gasteiger partial charge in [-0.25, -0.2) is 0 Å². The summed E-state index contributed by atoms with van der Waals surface area (Å²) < 4.78 is 51.2. The molecule has 72 heavy (non-hydrogen) atoms. The van der Waals surface area contributed by atoms with E-state index in [2.05, 4.69) is 20.9 Å². The molecule has 0 spiro atoms. The van der Waals surface area contributed by atoms with Crippen LogP contribution in [0.3, 0.4) is 0 Å². The molecule has 0 bridgehead atoms. The number of hydrogen-bond donors (Lipinski definition) is 6. The average Bonchev–Trinajstić information content (AvgIpc) is 3.33. The Kier molecular flexibility index (Phi) is 20.5. The second-order valence-electron chi connectivity index (χ2n) is 21.1. The first-order valence-corrected chi connectivity index (χ1v) is 25.3. The van der Waals surface area contributed by atoms with E-state index in [-0.39, 0.29) is 56.8 Å². The number of cyclic esters (lactones) is 1. The summed E-state index contributed by atoms with van der Waals surface area (Å²) >= 11 is 0. The van der Waals surface area contributed by atoms with Crippen LogP contribution in [0.15, 0.2) is 36.5 Å². The molecule has 406 valence electrons. The van der Waals surface area contributed by atoms with Gasteiger partial charge in [0.05, 0.1) is 78.3 Å². The van der Waals surface area contributed by atoms with Gasteiger partial charge in [-0.3, -0.25) is 24.2 Å². The molecule has 6 N–H and O–H groups in total. The van der Waals surface area contributed by atoms with E-state index >= 15 is 0 Å². The lowest BCUT2D eigenvalue weighted by Crippen LogP contribution is -2.61. The summed E-state index contributed by atoms with van der Waals surface area (Å²) in [6.07, 6.45) is -8.06. The van der Waals surface area contributed by atoms with Crippen molar-refractivity contribution in [3.05, 3.63) is 36.5 Å². The molecule has 3 fully saturated rings. The van der Waals surface area contributed by atoms with Crippen molar-refractivity contribution in [1.82, 2.24) is 20.5 Å². The van der Waals surface area contributed by atoms with Crippen LogP contribution in [0, 0.1) is 17.8 Å². The third kappa shape index (κ3) is 14.1. The molecule has 0 unspecified atom stereocenters. The number of para-hydroxylation sites is 1. The molecule has 0 radical (unpaired) electrons. The molecule has 1 aromatic carbocycles. The number of hydrogen-bond acceptors (Lipinski definition) is 18. The number of nitrogens with zero attached hydrogens (tertiary/aromatic N) is 2. The Morgan fingerprint density at radius 1 is 0.931 bits per heavy atom. The van der Waals surface area contributed by atoms with E-state index in [1.165, 1.54) is 28.1 Å². The van der Waals surface area contributed by atoms with Gasteiger partial charge in [-0.1, -0.05) is 39.0 Å². The molecule has 3 aliphatic heterocycles. The number of pyridine rings is 1. The van der Waals surface area contributed by atoms with Crippen molar-refractivity contribution in [3.63, 3.8) is 0 Å². The number of rotatable bonds is 15. The van der Waals surface area contributed by atoms with Gasteiger partial charge in [0.15, 0.2) is 18.7 Å². The lowest BCUT2D eigenvalue weighted by Gasteiger charge is -2.50. The monoisotopic (exact) mass is 1020 g/mol. The van der Waals surface area contributed by atoms with E-state index < -0.39 is 114 Å². The number of amides is 2. The number of methoxy groups -OCH3 is 2. The van der Waals surface area contributed by atoms with Crippen molar-refractivity contribution in [1.29, 1.82) is 0 Å². The van der Waals surface area contributed by atoms with Gasteiger partial charge >= 0.3 is 11.9 Å². The standard InChI is InChI=1S/C52H83N5O15/c1-15-38-52(10,64)44(61)32(6)47(62)55-28(2)24-50(8,65-13)45(72-49-42(60)37(57(11)12)22-29(3)67-49)30(4)43(31(5)48(63)69-38)71-41-25-51(9,66-14)46(33(7)68-41)70-40(59)20-21-53-27-39(58)56-35-23-34-18-16-17-19-36(34)54-26-35/h16-19,23,26,28-33,37-38,41-46,49,53,60-61,64H,15,20-22,24-25,27H2,1-14H3,(H,55,62)(H,56,58)/t28-,29-,30+,31-,32-,33+,37+,38-,41+,42-,43+,44-,45-,46+,49+,50-,51-,52-/m1/s1. The second kappa shape index (κ2) is 25.1. The summed E-state index contributed by atoms with van der Waals surface area (Å²) in [6, 6.07) is 8.48. The van der Waals surface area contributed by atoms with Gasteiger partial charge in [-0.2, -0.15) is 0 Å². The zero-order valence-electron chi connectivity index (χ0n) is 44.7. The molecule has 4 heterocycles. The third-order valence-corrected chi connectivity index (χ3v) is 15.0. The Morgan fingerprint density at radius 3 is 2.25 bits per heavy atom. The van der Waals surface area contributed by atoms with Gasteiger partial charge < -0.3 is 74.1 Å². The van der Waals surface area contributed by atoms with Crippen molar-refractivity contribution in [2.75, 3.05) is 46.7 Å². The third-order valence-electron chi connectivity index (χ3n) is 15.0. The van der Waals surface area contributed by atoms with Crippen LogP contribution >= 0.6 is 0 Å². The Balaban J connectivity index is 1.39. The Morgan fingerprint density at radius 2 is 1.60 bits per heavy atom. The number of aromatic nitrogens is 1. The number of ether oxygens (including phenoxy) is 8. The van der Waals surface area contributed by atoms with Crippen molar-refractivity contribution in [2.24, 2.45) is 17.8 Å². The number of benzene rings is 1. The fourth-order valence-corrected chi connectivity index (χ4v) is 10.6. The number of nitrogens with one attached hydrogen (secondary N) is 3. The molecule has 20 heteroatoms. The van der Waals surface area contributed by atoms with Gasteiger partial charge in [-0.15, -0.1) is 0 Å². The lowest BCUT2D eigenvalue weighted by atomic mass is 9.78. The predicted molar refractivity (Wildman–Crippen MR) is 266 cm³/mol. The van der Waals surface area contributed by atoms with E-state index in [0.29, 0.717) is 12.1 Å². The maximum absolute atomic E-state index is 14.6. The first kappa shape index (κ1) is 59.0. The maximum atomic E-state index is 14.6. The summed E-state index contributed by atoms with van der Waals surface area (Å²) in [5, 5.41) is 44.7. The van der Waals surface area contributed by atoms with E-state index in [1.807, 2.05) is 70.1 Å². The van der Waals surface area contributed by atoms with Crippen molar-refractivity contribution in [2.45, 2.75) is 192 Å². The van der Waals surface area contributed by atoms with Crippen LogP contribution in [-0.4, -0.2) is 181 Å². The number of likely N-dealkylation sites (N-methyl/N-ethyl adjacent to an activating group) is 1. The van der Waals surface area contributed by atoms with Crippen LogP contribution in [0.1, 0.15) is 101 Å². The highest BCUT2D eigenvalue weighted by molar-refractivity contribution is 5.94. The fraction of sp³-hybridized carbons (Fsp3) is 0.750. The van der Waals surface area contributed by atoms with E-state index in [1.54, 1.807) is 40.8 Å². The Hall–Kier alpha value is -3.93. The molecule has 1 aromatic heterocycles. The Bertz CT molecular complexity index is 2130. The van der Waals surface area contributed by atoms with E-state index in [0.717, 1.165) is 10.9 Å². The minimum absolute atomic E-state index is 0.0256. The quantitative estimate of drug-likeness (QED) is 0.110. The smallest absolute Gasteiger partial charge is 0.311 e. The highest BCUT2D eigenvalue weighted by atomic mass is 16.7. The topological polar surface area (TPSA) is 255 Å². The Labute approximate surface area is 424 Å². The van der Waals surface area contributed by atoms with Crippen LogP contribution < -0.4 is 16.0 Å². The summed E-state index contributed by atoms with van der Waals surface area (Å²) in [4.78, 5) is 60.7. The molecule has 3 saturated heterocycles. The van der Waals surface area contributed by atoms with Gasteiger partial charge in [0, 0.05) is 50.6 Å². The number of aliphatic hydroxyl groups excluding tert-OH is 2. The van der Waals surface area contributed by atoms with Crippen molar-refractivity contribution < 1.29 is 72.4 Å². The summed E-state index contributed by atoms with van der Waals surface area (Å²) in [7, 11) is 6.73. The van der Waals surface area contributed by atoms with Crippen LogP contribution in [0.2, 0.25) is 0 Å². The highest BCUT2D eigenvalue weighted by Crippen LogP contribution is 2.41. The zero-order valence-corrected chi connectivity index (χ0v) is 44.7.